The fraction of sp³-hybridized carbons (Fsp3) is 0.667. The summed E-state index contributed by atoms with van der Waals surface area (Å²) >= 11 is 3.38. The minimum atomic E-state index is 0.0616. The largest absolute Gasteiger partial charge is 0.381 e. The first-order valence-electron chi connectivity index (χ1n) is 6.03. The molecule has 1 rings (SSSR count). The number of hydrogen-bond donors (Lipinski definition) is 0. The molecular weight excluding hydrogens is 298 g/mol. The van der Waals surface area contributed by atoms with Gasteiger partial charge >= 0.3 is 0 Å². The Balaban J connectivity index is 2.67. The van der Waals surface area contributed by atoms with E-state index < -0.39 is 0 Å². The molecule has 0 radical (unpaired) electrons. The molecule has 6 heteroatoms. The molecule has 0 bridgehead atoms. The van der Waals surface area contributed by atoms with Gasteiger partial charge in [0.2, 0.25) is 0 Å². The van der Waals surface area contributed by atoms with E-state index in [1.807, 2.05) is 21.0 Å². The van der Waals surface area contributed by atoms with Crippen molar-refractivity contribution in [1.82, 2.24) is 14.7 Å². The fourth-order valence-electron chi connectivity index (χ4n) is 1.53. The Bertz CT molecular complexity index is 391. The van der Waals surface area contributed by atoms with Crippen LogP contribution >= 0.6 is 15.9 Å². The second-order valence-electron chi connectivity index (χ2n) is 4.24. The van der Waals surface area contributed by atoms with E-state index in [0.29, 0.717) is 31.9 Å². The summed E-state index contributed by atoms with van der Waals surface area (Å²) in [4.78, 5) is 14.1. The predicted molar refractivity (Wildman–Crippen MR) is 73.9 cm³/mol. The van der Waals surface area contributed by atoms with Gasteiger partial charge in [0.1, 0.15) is 5.69 Å². The van der Waals surface area contributed by atoms with Crippen LogP contribution in [0.1, 0.15) is 23.8 Å². The van der Waals surface area contributed by atoms with Crippen molar-refractivity contribution in [3.63, 3.8) is 0 Å². The van der Waals surface area contributed by atoms with Crippen LogP contribution in [-0.2, 0) is 11.3 Å². The van der Waals surface area contributed by atoms with Crippen LogP contribution in [0.3, 0.4) is 0 Å². The van der Waals surface area contributed by atoms with E-state index in [1.54, 1.807) is 10.9 Å². The maximum absolute atomic E-state index is 12.1. The highest BCUT2D eigenvalue weighted by Gasteiger charge is 2.16. The summed E-state index contributed by atoms with van der Waals surface area (Å²) in [6.45, 7) is 4.56. The molecule has 1 aromatic rings. The molecule has 0 aliphatic rings. The number of rotatable bonds is 8. The van der Waals surface area contributed by atoms with Crippen LogP contribution in [0, 0.1) is 0 Å². The number of aromatic nitrogens is 2. The molecule has 0 unspecified atom stereocenters. The number of carbonyl (C=O) groups is 1. The Kier molecular flexibility index (Phi) is 6.52. The zero-order valence-corrected chi connectivity index (χ0v) is 12.7. The lowest BCUT2D eigenvalue weighted by Crippen LogP contribution is -2.22. The summed E-state index contributed by atoms with van der Waals surface area (Å²) < 4.78 is 7.71. The number of carbonyl (C=O) groups excluding carboxylic acids is 1. The smallest absolute Gasteiger partial charge is 0.184 e. The molecule has 102 valence electrons. The van der Waals surface area contributed by atoms with Gasteiger partial charge in [-0.3, -0.25) is 9.48 Å². The number of likely N-dealkylation sites (N-methyl/N-ethyl adjacent to an activating group) is 1. The molecule has 0 N–H and O–H groups in total. The van der Waals surface area contributed by atoms with Crippen molar-refractivity contribution < 1.29 is 9.53 Å². The summed E-state index contributed by atoms with van der Waals surface area (Å²) in [7, 11) is 3.99. The van der Waals surface area contributed by atoms with Gasteiger partial charge in [-0.2, -0.15) is 5.10 Å². The fourth-order valence-corrected chi connectivity index (χ4v) is 2.05. The maximum Gasteiger partial charge on any atom is 0.184 e. The Labute approximate surface area is 116 Å². The molecular formula is C12H20BrN3O2. The normalized spacial score (nSPS) is 11.2. The molecule has 0 saturated heterocycles. The molecule has 0 aliphatic carbocycles. The Morgan fingerprint density at radius 1 is 1.56 bits per heavy atom. The molecule has 1 heterocycles. The van der Waals surface area contributed by atoms with Crippen LogP contribution in [0.4, 0.5) is 0 Å². The van der Waals surface area contributed by atoms with Gasteiger partial charge in [-0.05, 0) is 36.9 Å². The number of nitrogens with zero attached hydrogens (tertiary/aromatic N) is 3. The van der Waals surface area contributed by atoms with Gasteiger partial charge in [0.05, 0.1) is 23.8 Å². The Hall–Kier alpha value is -0.720. The van der Waals surface area contributed by atoms with E-state index in [1.165, 1.54) is 0 Å². The summed E-state index contributed by atoms with van der Waals surface area (Å²) in [6, 6.07) is 0. The molecule has 0 aliphatic heterocycles. The molecule has 0 saturated carbocycles. The summed E-state index contributed by atoms with van der Waals surface area (Å²) in [5.74, 6) is 0.0616. The highest BCUT2D eigenvalue weighted by Crippen LogP contribution is 2.17. The van der Waals surface area contributed by atoms with E-state index in [-0.39, 0.29) is 5.78 Å². The third kappa shape index (κ3) is 4.51. The highest BCUT2D eigenvalue weighted by atomic mass is 79.9. The molecule has 18 heavy (non-hydrogen) atoms. The van der Waals surface area contributed by atoms with Crippen LogP contribution in [0.2, 0.25) is 0 Å². The lowest BCUT2D eigenvalue weighted by Gasteiger charge is -2.11. The molecule has 0 spiro atoms. The van der Waals surface area contributed by atoms with Crippen molar-refractivity contribution in [2.24, 2.45) is 0 Å². The second kappa shape index (κ2) is 7.66. The van der Waals surface area contributed by atoms with Gasteiger partial charge in [0.15, 0.2) is 5.78 Å². The SMILES string of the molecule is CCOCCC(=O)c1c(Br)cnn1CCN(C)C. The van der Waals surface area contributed by atoms with Crippen molar-refractivity contribution in [2.45, 2.75) is 19.9 Å². The van der Waals surface area contributed by atoms with Crippen molar-refractivity contribution >= 4 is 21.7 Å². The Morgan fingerprint density at radius 3 is 2.89 bits per heavy atom. The zero-order chi connectivity index (χ0) is 13.5. The summed E-state index contributed by atoms with van der Waals surface area (Å²) in [6.07, 6.45) is 2.06. The van der Waals surface area contributed by atoms with Crippen LogP contribution in [0.15, 0.2) is 10.7 Å². The third-order valence-corrected chi connectivity index (χ3v) is 3.08. The van der Waals surface area contributed by atoms with Crippen LogP contribution in [-0.4, -0.2) is 54.3 Å². The van der Waals surface area contributed by atoms with E-state index in [9.17, 15) is 4.79 Å². The van der Waals surface area contributed by atoms with Crippen molar-refractivity contribution in [3.05, 3.63) is 16.4 Å². The highest BCUT2D eigenvalue weighted by molar-refractivity contribution is 9.10. The van der Waals surface area contributed by atoms with Crippen molar-refractivity contribution in [1.29, 1.82) is 0 Å². The first-order chi connectivity index (χ1) is 8.56. The minimum absolute atomic E-state index is 0.0616. The van der Waals surface area contributed by atoms with Gasteiger partial charge in [0.25, 0.3) is 0 Å². The maximum atomic E-state index is 12.1. The lowest BCUT2D eigenvalue weighted by molar-refractivity contribution is 0.0884. The lowest BCUT2D eigenvalue weighted by atomic mass is 10.2. The molecule has 0 atom stereocenters. The number of hydrogen-bond acceptors (Lipinski definition) is 4. The average molecular weight is 318 g/mol. The number of ether oxygens (including phenoxy) is 1. The molecule has 1 aromatic heterocycles. The molecule has 0 fully saturated rings. The Morgan fingerprint density at radius 2 is 2.28 bits per heavy atom. The second-order valence-corrected chi connectivity index (χ2v) is 5.09. The van der Waals surface area contributed by atoms with Gasteiger partial charge < -0.3 is 9.64 Å². The van der Waals surface area contributed by atoms with E-state index in [4.69, 9.17) is 4.74 Å². The first-order valence-corrected chi connectivity index (χ1v) is 6.82. The summed E-state index contributed by atoms with van der Waals surface area (Å²) in [5, 5.41) is 4.22. The van der Waals surface area contributed by atoms with Crippen molar-refractivity contribution in [3.8, 4) is 0 Å². The number of halogens is 1. The summed E-state index contributed by atoms with van der Waals surface area (Å²) in [5.41, 5.74) is 0.636. The minimum Gasteiger partial charge on any atom is -0.381 e. The molecule has 5 nitrogen and oxygen atoms in total. The van der Waals surface area contributed by atoms with E-state index in [2.05, 4.69) is 25.9 Å². The van der Waals surface area contributed by atoms with Crippen LogP contribution < -0.4 is 0 Å². The van der Waals surface area contributed by atoms with Gasteiger partial charge in [-0.15, -0.1) is 0 Å². The number of Topliss-reactive ketones (excluding diaryl/α,β-unsaturated/α-hetero) is 1. The molecule has 0 amide bonds. The third-order valence-electron chi connectivity index (χ3n) is 2.50. The van der Waals surface area contributed by atoms with Crippen LogP contribution in [0.25, 0.3) is 0 Å². The van der Waals surface area contributed by atoms with E-state index >= 15 is 0 Å². The first kappa shape index (κ1) is 15.3. The van der Waals surface area contributed by atoms with E-state index in [0.717, 1.165) is 11.0 Å². The number of ketones is 1. The zero-order valence-electron chi connectivity index (χ0n) is 11.1. The van der Waals surface area contributed by atoms with Gasteiger partial charge in [-0.1, -0.05) is 0 Å². The average Bonchev–Trinajstić information content (AvgIpc) is 2.68. The topological polar surface area (TPSA) is 47.4 Å². The van der Waals surface area contributed by atoms with Crippen LogP contribution in [0.5, 0.6) is 0 Å². The predicted octanol–water partition coefficient (Wildman–Crippen LogP) is 1.82. The van der Waals surface area contributed by atoms with Crippen molar-refractivity contribution in [2.75, 3.05) is 33.9 Å². The standard InChI is InChI=1S/C12H20BrN3O2/c1-4-18-8-5-11(17)12-10(13)9-14-16(12)7-6-15(2)3/h9H,4-8H2,1-3H3. The van der Waals surface area contributed by atoms with Gasteiger partial charge in [-0.25, -0.2) is 0 Å². The monoisotopic (exact) mass is 317 g/mol. The molecule has 0 aromatic carbocycles. The quantitative estimate of drug-likeness (QED) is 0.542. The van der Waals surface area contributed by atoms with Gasteiger partial charge in [0, 0.05) is 19.6 Å².